The maximum absolute atomic E-state index is 6.13. The standard InChI is InChI=1S/C15H25N5/c1-12-6-5-9-20(11-12)15(16)18-10-13-7-4-8-17-14(13)19(2)3/h4,7-8,12H,5-6,9-11H2,1-3H3,(H2,16,18). The first kappa shape index (κ1) is 14.6. The van der Waals surface area contributed by atoms with Gasteiger partial charge in [-0.2, -0.15) is 0 Å². The summed E-state index contributed by atoms with van der Waals surface area (Å²) in [7, 11) is 3.98. The van der Waals surface area contributed by atoms with Crippen molar-refractivity contribution in [2.75, 3.05) is 32.1 Å². The van der Waals surface area contributed by atoms with E-state index in [1.807, 2.05) is 25.1 Å². The molecule has 5 nitrogen and oxygen atoms in total. The molecule has 2 heterocycles. The summed E-state index contributed by atoms with van der Waals surface area (Å²) in [5.41, 5.74) is 7.23. The van der Waals surface area contributed by atoms with E-state index in [4.69, 9.17) is 5.73 Å². The number of aliphatic imine (C=N–C) groups is 1. The molecule has 0 saturated carbocycles. The summed E-state index contributed by atoms with van der Waals surface area (Å²) in [6, 6.07) is 3.99. The van der Waals surface area contributed by atoms with Gasteiger partial charge in [0, 0.05) is 38.9 Å². The normalized spacial score (nSPS) is 20.1. The minimum Gasteiger partial charge on any atom is -0.370 e. The summed E-state index contributed by atoms with van der Waals surface area (Å²) in [5.74, 6) is 2.31. The van der Waals surface area contributed by atoms with E-state index in [-0.39, 0.29) is 0 Å². The van der Waals surface area contributed by atoms with Crippen LogP contribution in [0, 0.1) is 5.92 Å². The van der Waals surface area contributed by atoms with E-state index in [9.17, 15) is 0 Å². The van der Waals surface area contributed by atoms with E-state index in [2.05, 4.69) is 27.9 Å². The van der Waals surface area contributed by atoms with Crippen LogP contribution in [0.5, 0.6) is 0 Å². The second-order valence-electron chi connectivity index (χ2n) is 5.75. The van der Waals surface area contributed by atoms with Crippen LogP contribution in [0.25, 0.3) is 0 Å². The Hall–Kier alpha value is -1.78. The molecule has 1 aliphatic rings. The molecule has 1 saturated heterocycles. The van der Waals surface area contributed by atoms with Crippen LogP contribution in [0.3, 0.4) is 0 Å². The average molecular weight is 275 g/mol. The molecule has 2 N–H and O–H groups in total. The van der Waals surface area contributed by atoms with Crippen LogP contribution < -0.4 is 10.6 Å². The predicted octanol–water partition coefficient (Wildman–Crippen LogP) is 1.69. The zero-order valence-corrected chi connectivity index (χ0v) is 12.7. The zero-order chi connectivity index (χ0) is 14.5. The molecule has 1 aromatic rings. The van der Waals surface area contributed by atoms with Crippen LogP contribution >= 0.6 is 0 Å². The minimum absolute atomic E-state index is 0.581. The highest BCUT2D eigenvalue weighted by atomic mass is 15.3. The summed E-state index contributed by atoms with van der Waals surface area (Å²) < 4.78 is 0. The maximum Gasteiger partial charge on any atom is 0.191 e. The molecule has 0 aromatic carbocycles. The molecule has 110 valence electrons. The van der Waals surface area contributed by atoms with Gasteiger partial charge in [-0.1, -0.05) is 13.0 Å². The van der Waals surface area contributed by atoms with E-state index < -0.39 is 0 Å². The molecule has 0 radical (unpaired) electrons. The quantitative estimate of drug-likeness (QED) is 0.674. The Bertz CT molecular complexity index is 469. The number of pyridine rings is 1. The summed E-state index contributed by atoms with van der Waals surface area (Å²) in [6.45, 7) is 4.89. The molecule has 2 rings (SSSR count). The predicted molar refractivity (Wildman–Crippen MR) is 83.9 cm³/mol. The molecule has 0 bridgehead atoms. The van der Waals surface area contributed by atoms with Gasteiger partial charge in [0.05, 0.1) is 6.54 Å². The zero-order valence-electron chi connectivity index (χ0n) is 12.7. The second-order valence-corrected chi connectivity index (χ2v) is 5.75. The Kier molecular flexibility index (Phi) is 4.82. The van der Waals surface area contributed by atoms with Gasteiger partial charge >= 0.3 is 0 Å². The van der Waals surface area contributed by atoms with Gasteiger partial charge in [-0.3, -0.25) is 0 Å². The van der Waals surface area contributed by atoms with Crippen LogP contribution in [-0.4, -0.2) is 43.0 Å². The van der Waals surface area contributed by atoms with Gasteiger partial charge < -0.3 is 15.5 Å². The lowest BCUT2D eigenvalue weighted by molar-refractivity contribution is 0.270. The van der Waals surface area contributed by atoms with Crippen molar-refractivity contribution in [3.63, 3.8) is 0 Å². The molecular formula is C15H25N5. The minimum atomic E-state index is 0.581. The Morgan fingerprint density at radius 2 is 2.35 bits per heavy atom. The second kappa shape index (κ2) is 6.59. The highest BCUT2D eigenvalue weighted by Crippen LogP contribution is 2.17. The van der Waals surface area contributed by atoms with Crippen LogP contribution in [0.2, 0.25) is 0 Å². The van der Waals surface area contributed by atoms with E-state index in [0.29, 0.717) is 18.4 Å². The number of guanidine groups is 1. The number of likely N-dealkylation sites (tertiary alicyclic amines) is 1. The van der Waals surface area contributed by atoms with Crippen LogP contribution in [0.1, 0.15) is 25.3 Å². The number of hydrogen-bond donors (Lipinski definition) is 1. The first-order valence-corrected chi connectivity index (χ1v) is 7.24. The highest BCUT2D eigenvalue weighted by Gasteiger charge is 2.17. The van der Waals surface area contributed by atoms with Crippen molar-refractivity contribution >= 4 is 11.8 Å². The molecule has 5 heteroatoms. The molecule has 1 atom stereocenters. The average Bonchev–Trinajstić information content (AvgIpc) is 2.45. The third-order valence-corrected chi connectivity index (χ3v) is 3.68. The summed E-state index contributed by atoms with van der Waals surface area (Å²) in [5, 5.41) is 0. The Morgan fingerprint density at radius 3 is 3.05 bits per heavy atom. The first-order valence-electron chi connectivity index (χ1n) is 7.24. The van der Waals surface area contributed by atoms with Gasteiger partial charge in [-0.05, 0) is 24.8 Å². The van der Waals surface area contributed by atoms with Crippen molar-refractivity contribution in [1.29, 1.82) is 0 Å². The van der Waals surface area contributed by atoms with E-state index in [1.165, 1.54) is 12.8 Å². The van der Waals surface area contributed by atoms with E-state index in [1.54, 1.807) is 6.20 Å². The summed E-state index contributed by atoms with van der Waals surface area (Å²) in [4.78, 5) is 13.1. The molecule has 20 heavy (non-hydrogen) atoms. The van der Waals surface area contributed by atoms with Crippen molar-refractivity contribution in [2.24, 2.45) is 16.6 Å². The highest BCUT2D eigenvalue weighted by molar-refractivity contribution is 5.78. The number of aromatic nitrogens is 1. The Morgan fingerprint density at radius 1 is 1.55 bits per heavy atom. The molecular weight excluding hydrogens is 250 g/mol. The van der Waals surface area contributed by atoms with Gasteiger partial charge in [0.2, 0.25) is 0 Å². The molecule has 1 aliphatic heterocycles. The van der Waals surface area contributed by atoms with Gasteiger partial charge in [-0.15, -0.1) is 0 Å². The van der Waals surface area contributed by atoms with Gasteiger partial charge in [-0.25, -0.2) is 9.98 Å². The largest absolute Gasteiger partial charge is 0.370 e. The lowest BCUT2D eigenvalue weighted by Crippen LogP contribution is -2.43. The van der Waals surface area contributed by atoms with Crippen molar-refractivity contribution in [2.45, 2.75) is 26.3 Å². The van der Waals surface area contributed by atoms with Gasteiger partial charge in [0.15, 0.2) is 5.96 Å². The van der Waals surface area contributed by atoms with Crippen LogP contribution in [0.4, 0.5) is 5.82 Å². The monoisotopic (exact) mass is 275 g/mol. The fourth-order valence-corrected chi connectivity index (χ4v) is 2.62. The third-order valence-electron chi connectivity index (χ3n) is 3.68. The smallest absolute Gasteiger partial charge is 0.191 e. The molecule has 1 unspecified atom stereocenters. The van der Waals surface area contributed by atoms with Gasteiger partial charge in [0.1, 0.15) is 5.82 Å². The van der Waals surface area contributed by atoms with Crippen molar-refractivity contribution in [1.82, 2.24) is 9.88 Å². The summed E-state index contributed by atoms with van der Waals surface area (Å²) in [6.07, 6.45) is 4.29. The van der Waals surface area contributed by atoms with Crippen molar-refractivity contribution in [3.05, 3.63) is 23.9 Å². The molecule has 0 aliphatic carbocycles. The van der Waals surface area contributed by atoms with Crippen LogP contribution in [0.15, 0.2) is 23.3 Å². The molecule has 1 aromatic heterocycles. The fourth-order valence-electron chi connectivity index (χ4n) is 2.62. The van der Waals surface area contributed by atoms with Crippen molar-refractivity contribution < 1.29 is 0 Å². The van der Waals surface area contributed by atoms with Gasteiger partial charge in [0.25, 0.3) is 0 Å². The number of anilines is 1. The molecule has 1 fully saturated rings. The number of piperidine rings is 1. The SMILES string of the molecule is CC1CCCN(C(N)=NCc2cccnc2N(C)C)C1. The topological polar surface area (TPSA) is 57.8 Å². The Balaban J connectivity index is 2.05. The fraction of sp³-hybridized carbons (Fsp3) is 0.600. The summed E-state index contributed by atoms with van der Waals surface area (Å²) >= 11 is 0. The van der Waals surface area contributed by atoms with E-state index >= 15 is 0 Å². The number of nitrogens with zero attached hydrogens (tertiary/aromatic N) is 4. The molecule has 0 amide bonds. The Labute approximate surface area is 121 Å². The number of hydrogen-bond acceptors (Lipinski definition) is 3. The lowest BCUT2D eigenvalue weighted by Gasteiger charge is -2.31. The third kappa shape index (κ3) is 3.62. The number of nitrogens with two attached hydrogens (primary N) is 1. The maximum atomic E-state index is 6.13. The first-order chi connectivity index (χ1) is 9.58. The van der Waals surface area contributed by atoms with Crippen molar-refractivity contribution in [3.8, 4) is 0 Å². The van der Waals surface area contributed by atoms with Crippen LogP contribution in [-0.2, 0) is 6.54 Å². The lowest BCUT2D eigenvalue weighted by atomic mass is 10.0. The molecule has 0 spiro atoms. The van der Waals surface area contributed by atoms with E-state index in [0.717, 1.165) is 24.5 Å². The number of rotatable bonds is 3.